The van der Waals surface area contributed by atoms with Crippen molar-refractivity contribution in [1.82, 2.24) is 0 Å². The molecule has 1 heterocycles. The SMILES string of the molecule is CCCOc1ccc(C=Nc2ccc3c(c2)NC(=O)[C@H](C)O3)c(O)c1. The molecule has 6 heteroatoms. The molecule has 3 rings (SSSR count). The first-order valence-corrected chi connectivity index (χ1v) is 8.18. The molecular formula is C19H20N2O4. The molecule has 0 aliphatic carbocycles. The normalized spacial score (nSPS) is 16.2. The zero-order chi connectivity index (χ0) is 17.8. The van der Waals surface area contributed by atoms with Gasteiger partial charge in [-0.25, -0.2) is 0 Å². The number of fused-ring (bicyclic) bond motifs is 1. The topological polar surface area (TPSA) is 80.2 Å². The lowest BCUT2D eigenvalue weighted by Gasteiger charge is -2.23. The van der Waals surface area contributed by atoms with E-state index in [1.54, 1.807) is 49.5 Å². The van der Waals surface area contributed by atoms with Gasteiger partial charge in [-0.15, -0.1) is 0 Å². The predicted molar refractivity (Wildman–Crippen MR) is 96.3 cm³/mol. The van der Waals surface area contributed by atoms with Crippen molar-refractivity contribution in [2.45, 2.75) is 26.4 Å². The van der Waals surface area contributed by atoms with Crippen LogP contribution in [0.25, 0.3) is 0 Å². The smallest absolute Gasteiger partial charge is 0.265 e. The molecule has 1 aliphatic heterocycles. The zero-order valence-corrected chi connectivity index (χ0v) is 14.2. The number of carbonyl (C=O) groups excluding carboxylic acids is 1. The summed E-state index contributed by atoms with van der Waals surface area (Å²) in [6.45, 7) is 4.32. The van der Waals surface area contributed by atoms with Crippen LogP contribution in [0.3, 0.4) is 0 Å². The highest BCUT2D eigenvalue weighted by Gasteiger charge is 2.23. The van der Waals surface area contributed by atoms with Gasteiger partial charge in [-0.1, -0.05) is 6.92 Å². The summed E-state index contributed by atoms with van der Waals surface area (Å²) in [6, 6.07) is 10.4. The Morgan fingerprint density at radius 3 is 2.92 bits per heavy atom. The van der Waals surface area contributed by atoms with Gasteiger partial charge in [0.1, 0.15) is 17.2 Å². The minimum atomic E-state index is -0.507. The maximum atomic E-state index is 11.7. The number of ether oxygens (including phenoxy) is 2. The van der Waals surface area contributed by atoms with E-state index < -0.39 is 6.10 Å². The fraction of sp³-hybridized carbons (Fsp3) is 0.263. The predicted octanol–water partition coefficient (Wildman–Crippen LogP) is 3.65. The van der Waals surface area contributed by atoms with Gasteiger partial charge >= 0.3 is 0 Å². The summed E-state index contributed by atoms with van der Waals surface area (Å²) >= 11 is 0. The van der Waals surface area contributed by atoms with Gasteiger partial charge in [0.15, 0.2) is 6.10 Å². The third-order valence-corrected chi connectivity index (χ3v) is 3.72. The van der Waals surface area contributed by atoms with Crippen LogP contribution in [0, 0.1) is 0 Å². The minimum Gasteiger partial charge on any atom is -0.507 e. The average molecular weight is 340 g/mol. The number of amides is 1. The Labute approximate surface area is 146 Å². The van der Waals surface area contributed by atoms with Gasteiger partial charge in [0.25, 0.3) is 5.91 Å². The molecule has 130 valence electrons. The van der Waals surface area contributed by atoms with Crippen molar-refractivity contribution in [3.05, 3.63) is 42.0 Å². The fourth-order valence-corrected chi connectivity index (χ4v) is 2.36. The fourth-order valence-electron chi connectivity index (χ4n) is 2.36. The van der Waals surface area contributed by atoms with Gasteiger partial charge in [-0.3, -0.25) is 9.79 Å². The number of anilines is 1. The van der Waals surface area contributed by atoms with Crippen LogP contribution in [0.1, 0.15) is 25.8 Å². The Bertz CT molecular complexity index is 817. The van der Waals surface area contributed by atoms with E-state index in [9.17, 15) is 9.90 Å². The van der Waals surface area contributed by atoms with Crippen LogP contribution in [0.5, 0.6) is 17.2 Å². The Morgan fingerprint density at radius 1 is 1.32 bits per heavy atom. The third-order valence-electron chi connectivity index (χ3n) is 3.72. The second-order valence-corrected chi connectivity index (χ2v) is 5.76. The quantitative estimate of drug-likeness (QED) is 0.814. The Balaban J connectivity index is 1.76. The molecule has 0 unspecified atom stereocenters. The van der Waals surface area contributed by atoms with Crippen LogP contribution in [0.4, 0.5) is 11.4 Å². The van der Waals surface area contributed by atoms with Crippen LogP contribution in [-0.2, 0) is 4.79 Å². The second kappa shape index (κ2) is 7.25. The maximum absolute atomic E-state index is 11.7. The van der Waals surface area contributed by atoms with E-state index in [0.717, 1.165) is 6.42 Å². The molecule has 6 nitrogen and oxygen atoms in total. The van der Waals surface area contributed by atoms with Gasteiger partial charge in [-0.2, -0.15) is 0 Å². The molecule has 0 radical (unpaired) electrons. The Hall–Kier alpha value is -3.02. The summed E-state index contributed by atoms with van der Waals surface area (Å²) in [7, 11) is 0. The number of rotatable bonds is 5. The van der Waals surface area contributed by atoms with Crippen LogP contribution in [0.2, 0.25) is 0 Å². The highest BCUT2D eigenvalue weighted by atomic mass is 16.5. The number of carbonyl (C=O) groups is 1. The molecule has 0 spiro atoms. The van der Waals surface area contributed by atoms with Gasteiger partial charge < -0.3 is 19.9 Å². The van der Waals surface area contributed by atoms with E-state index in [4.69, 9.17) is 9.47 Å². The molecule has 0 bridgehead atoms. The molecule has 2 N–H and O–H groups in total. The van der Waals surface area contributed by atoms with Gasteiger partial charge in [-0.05, 0) is 43.7 Å². The molecule has 0 saturated heterocycles. The molecule has 1 atom stereocenters. The number of aliphatic imine (C=N–C) groups is 1. The molecular weight excluding hydrogens is 320 g/mol. The summed E-state index contributed by atoms with van der Waals surface area (Å²) in [4.78, 5) is 16.0. The highest BCUT2D eigenvalue weighted by molar-refractivity contribution is 5.98. The monoisotopic (exact) mass is 340 g/mol. The number of nitrogens with one attached hydrogen (secondary N) is 1. The molecule has 0 saturated carbocycles. The lowest BCUT2D eigenvalue weighted by Crippen LogP contribution is -2.34. The number of benzene rings is 2. The van der Waals surface area contributed by atoms with Crippen LogP contribution >= 0.6 is 0 Å². The third kappa shape index (κ3) is 3.91. The first kappa shape index (κ1) is 16.8. The van der Waals surface area contributed by atoms with Crippen molar-refractivity contribution in [3.63, 3.8) is 0 Å². The molecule has 2 aromatic rings. The van der Waals surface area contributed by atoms with Gasteiger partial charge in [0, 0.05) is 17.8 Å². The van der Waals surface area contributed by atoms with Crippen molar-refractivity contribution < 1.29 is 19.4 Å². The number of hydrogen-bond acceptors (Lipinski definition) is 5. The number of nitrogens with zero attached hydrogens (tertiary/aromatic N) is 1. The number of hydrogen-bond donors (Lipinski definition) is 2. The molecule has 2 aromatic carbocycles. The molecule has 25 heavy (non-hydrogen) atoms. The van der Waals surface area contributed by atoms with E-state index in [1.807, 2.05) is 6.92 Å². The molecule has 1 amide bonds. The van der Waals surface area contributed by atoms with E-state index in [0.29, 0.717) is 35.0 Å². The van der Waals surface area contributed by atoms with Crippen LogP contribution in [0.15, 0.2) is 41.4 Å². The van der Waals surface area contributed by atoms with Crippen molar-refractivity contribution in [2.75, 3.05) is 11.9 Å². The highest BCUT2D eigenvalue weighted by Crippen LogP contribution is 2.33. The van der Waals surface area contributed by atoms with Crippen molar-refractivity contribution in [2.24, 2.45) is 4.99 Å². The lowest BCUT2D eigenvalue weighted by atomic mass is 10.2. The standard InChI is InChI=1S/C19H20N2O4/c1-3-8-24-15-6-4-13(17(22)10-15)11-20-14-5-7-18-16(9-14)21-19(23)12(2)25-18/h4-7,9-12,22H,3,8H2,1-2H3,(H,21,23)/t12-/m0/s1. The largest absolute Gasteiger partial charge is 0.507 e. The summed E-state index contributed by atoms with van der Waals surface area (Å²) in [5.74, 6) is 1.15. The Kier molecular flexibility index (Phi) is 4.88. The van der Waals surface area contributed by atoms with Crippen LogP contribution in [-0.4, -0.2) is 29.9 Å². The van der Waals surface area contributed by atoms with E-state index >= 15 is 0 Å². The maximum Gasteiger partial charge on any atom is 0.265 e. The van der Waals surface area contributed by atoms with Crippen LogP contribution < -0.4 is 14.8 Å². The first-order valence-electron chi connectivity index (χ1n) is 8.18. The van der Waals surface area contributed by atoms with E-state index in [-0.39, 0.29) is 11.7 Å². The van der Waals surface area contributed by atoms with E-state index in [1.165, 1.54) is 0 Å². The number of phenols is 1. The zero-order valence-electron chi connectivity index (χ0n) is 14.2. The minimum absolute atomic E-state index is 0.0979. The molecule has 0 aromatic heterocycles. The second-order valence-electron chi connectivity index (χ2n) is 5.76. The summed E-state index contributed by atoms with van der Waals surface area (Å²) < 4.78 is 11.0. The number of phenolic OH excluding ortho intramolecular Hbond substituents is 1. The summed E-state index contributed by atoms with van der Waals surface area (Å²) in [6.07, 6.45) is 1.96. The van der Waals surface area contributed by atoms with Gasteiger partial charge in [0.2, 0.25) is 0 Å². The van der Waals surface area contributed by atoms with Crippen molar-refractivity contribution in [3.8, 4) is 17.2 Å². The summed E-state index contributed by atoms with van der Waals surface area (Å²) in [5.41, 5.74) is 1.81. The van der Waals surface area contributed by atoms with Crippen molar-refractivity contribution >= 4 is 23.5 Å². The molecule has 1 aliphatic rings. The lowest BCUT2D eigenvalue weighted by molar-refractivity contribution is -0.122. The summed E-state index contributed by atoms with van der Waals surface area (Å²) in [5, 5.41) is 12.9. The number of aromatic hydroxyl groups is 1. The van der Waals surface area contributed by atoms with E-state index in [2.05, 4.69) is 10.3 Å². The first-order chi connectivity index (χ1) is 12.1. The van der Waals surface area contributed by atoms with Gasteiger partial charge in [0.05, 0.1) is 18.0 Å². The molecule has 0 fully saturated rings. The van der Waals surface area contributed by atoms with Crippen molar-refractivity contribution in [1.29, 1.82) is 0 Å². The average Bonchev–Trinajstić information content (AvgIpc) is 2.60. The Morgan fingerprint density at radius 2 is 2.16 bits per heavy atom.